The summed E-state index contributed by atoms with van der Waals surface area (Å²) in [5.41, 5.74) is 0. The minimum atomic E-state index is -1.07. The normalized spacial score (nSPS) is 12.4. The van der Waals surface area contributed by atoms with Gasteiger partial charge in [-0.1, -0.05) is 39.3 Å². The molecule has 0 aliphatic carbocycles. The molecule has 0 aliphatic heterocycles. The fourth-order valence-corrected chi connectivity index (χ4v) is 3.86. The average molecular weight is 301 g/mol. The van der Waals surface area contributed by atoms with Gasteiger partial charge in [0.2, 0.25) is 0 Å². The van der Waals surface area contributed by atoms with Gasteiger partial charge in [-0.15, -0.1) is 0 Å². The van der Waals surface area contributed by atoms with Crippen LogP contribution in [0.4, 0.5) is 0 Å². The Morgan fingerprint density at radius 1 is 1.00 bits per heavy atom. The van der Waals surface area contributed by atoms with Crippen molar-refractivity contribution in [2.45, 2.75) is 39.3 Å². The fourth-order valence-electron chi connectivity index (χ4n) is 1.38. The predicted molar refractivity (Wildman–Crippen MR) is 68.0 cm³/mol. The molecular formula is C11H21Si2Zr-. The van der Waals surface area contributed by atoms with Crippen LogP contribution < -0.4 is 10.4 Å². The van der Waals surface area contributed by atoms with E-state index in [2.05, 4.69) is 57.5 Å². The topological polar surface area (TPSA) is 0 Å². The summed E-state index contributed by atoms with van der Waals surface area (Å²) in [7, 11) is -2.14. The summed E-state index contributed by atoms with van der Waals surface area (Å²) in [4.78, 5) is 0. The van der Waals surface area contributed by atoms with E-state index in [4.69, 9.17) is 0 Å². The Kier molecular flexibility index (Phi) is 4.89. The largest absolute Gasteiger partial charge is 0.212 e. The van der Waals surface area contributed by atoms with Crippen LogP contribution in [-0.4, -0.2) is 16.1 Å². The second kappa shape index (κ2) is 4.67. The Morgan fingerprint density at radius 2 is 1.50 bits per heavy atom. The van der Waals surface area contributed by atoms with Gasteiger partial charge >= 0.3 is 0 Å². The van der Waals surface area contributed by atoms with Crippen molar-refractivity contribution in [1.29, 1.82) is 0 Å². The van der Waals surface area contributed by atoms with Crippen molar-refractivity contribution in [3.63, 3.8) is 0 Å². The zero-order valence-electron chi connectivity index (χ0n) is 10.2. The van der Waals surface area contributed by atoms with Crippen molar-refractivity contribution in [2.75, 3.05) is 0 Å². The first-order chi connectivity index (χ1) is 5.71. The third-order valence-electron chi connectivity index (χ3n) is 2.49. The monoisotopic (exact) mass is 299 g/mol. The van der Waals surface area contributed by atoms with Crippen molar-refractivity contribution in [1.82, 2.24) is 0 Å². The van der Waals surface area contributed by atoms with Crippen LogP contribution in [0.3, 0.4) is 0 Å². The van der Waals surface area contributed by atoms with Crippen molar-refractivity contribution in [3.05, 3.63) is 18.2 Å². The van der Waals surface area contributed by atoms with E-state index in [0.29, 0.717) is 0 Å². The van der Waals surface area contributed by atoms with Gasteiger partial charge in [0.1, 0.15) is 0 Å². The SMILES string of the molecule is C[Si](C)(C)c1cc[c-]([Si](C)(C)C)c1.[Zr]. The standard InChI is InChI=1S/C11H21Si2.Zr/c1-12(2,3)10-7-8-11(9-10)13(4,5)6;/h7-9H,1-6H3;/q-1;. The second-order valence-corrected chi connectivity index (χ2v) is 16.0. The van der Waals surface area contributed by atoms with Crippen LogP contribution in [0.15, 0.2) is 18.2 Å². The maximum atomic E-state index is 2.46. The van der Waals surface area contributed by atoms with Gasteiger partial charge in [0.05, 0.1) is 0 Å². The molecule has 0 radical (unpaired) electrons. The van der Waals surface area contributed by atoms with E-state index in [1.54, 1.807) is 10.4 Å². The van der Waals surface area contributed by atoms with Crippen LogP contribution >= 0.6 is 0 Å². The van der Waals surface area contributed by atoms with Crippen LogP contribution in [-0.2, 0) is 26.2 Å². The molecule has 0 amide bonds. The van der Waals surface area contributed by atoms with Crippen molar-refractivity contribution >= 4 is 26.5 Å². The molecule has 0 aliphatic rings. The van der Waals surface area contributed by atoms with Crippen LogP contribution in [0.5, 0.6) is 0 Å². The zero-order chi connectivity index (χ0) is 10.3. The van der Waals surface area contributed by atoms with Gasteiger partial charge in [-0.3, -0.25) is 0 Å². The molecule has 0 bridgehead atoms. The minimum absolute atomic E-state index is 0. The molecule has 0 saturated carbocycles. The van der Waals surface area contributed by atoms with Crippen molar-refractivity contribution in [2.24, 2.45) is 0 Å². The molecule has 1 rings (SSSR count). The van der Waals surface area contributed by atoms with E-state index in [1.807, 2.05) is 0 Å². The van der Waals surface area contributed by atoms with Gasteiger partial charge in [0, 0.05) is 42.4 Å². The Balaban J connectivity index is 0.00000169. The third kappa shape index (κ3) is 3.67. The molecule has 0 atom stereocenters. The Labute approximate surface area is 110 Å². The summed E-state index contributed by atoms with van der Waals surface area (Å²) in [5, 5.41) is 3.23. The van der Waals surface area contributed by atoms with E-state index in [9.17, 15) is 0 Å². The van der Waals surface area contributed by atoms with Crippen LogP contribution in [0, 0.1) is 0 Å². The summed E-state index contributed by atoms with van der Waals surface area (Å²) < 4.78 is 0. The third-order valence-corrected chi connectivity index (χ3v) is 6.57. The number of hydrogen-bond acceptors (Lipinski definition) is 0. The smallest absolute Gasteiger partial charge is 0.0147 e. The molecule has 0 unspecified atom stereocenters. The van der Waals surface area contributed by atoms with Crippen LogP contribution in [0.25, 0.3) is 0 Å². The molecule has 3 heteroatoms. The maximum Gasteiger partial charge on any atom is 0.0147 e. The van der Waals surface area contributed by atoms with Gasteiger partial charge in [0.25, 0.3) is 0 Å². The van der Waals surface area contributed by atoms with E-state index >= 15 is 0 Å². The van der Waals surface area contributed by atoms with E-state index in [0.717, 1.165) is 0 Å². The van der Waals surface area contributed by atoms with Gasteiger partial charge in [-0.25, -0.2) is 11.3 Å². The van der Waals surface area contributed by atoms with Gasteiger partial charge in [-0.2, -0.15) is 17.3 Å². The molecule has 0 fully saturated rings. The second-order valence-electron chi connectivity index (χ2n) is 5.89. The van der Waals surface area contributed by atoms with Gasteiger partial charge < -0.3 is 0 Å². The first-order valence-corrected chi connectivity index (χ1v) is 12.0. The average Bonchev–Trinajstić information content (AvgIpc) is 2.28. The molecule has 1 aromatic rings. The van der Waals surface area contributed by atoms with E-state index in [1.165, 1.54) is 0 Å². The Bertz CT molecular complexity index is 260. The summed E-state index contributed by atoms with van der Waals surface area (Å²) in [6.07, 6.45) is 0. The number of rotatable bonds is 2. The molecule has 0 spiro atoms. The molecule has 0 N–H and O–H groups in total. The molecule has 78 valence electrons. The molecule has 1 aromatic carbocycles. The molecule has 0 nitrogen and oxygen atoms in total. The quantitative estimate of drug-likeness (QED) is 0.581. The molecule has 14 heavy (non-hydrogen) atoms. The zero-order valence-corrected chi connectivity index (χ0v) is 14.7. The van der Waals surface area contributed by atoms with Crippen molar-refractivity contribution in [3.8, 4) is 0 Å². The predicted octanol–water partition coefficient (Wildman–Crippen LogP) is 2.49. The molecule has 0 heterocycles. The summed E-state index contributed by atoms with van der Waals surface area (Å²) in [6, 6.07) is 7.15. The maximum absolute atomic E-state index is 2.46. The van der Waals surface area contributed by atoms with Crippen molar-refractivity contribution < 1.29 is 26.2 Å². The summed E-state index contributed by atoms with van der Waals surface area (Å²) in [6.45, 7) is 14.5. The minimum Gasteiger partial charge on any atom is -0.212 e. The Morgan fingerprint density at radius 3 is 1.71 bits per heavy atom. The first kappa shape index (κ1) is 14.7. The fraction of sp³-hybridized carbons (Fsp3) is 0.545. The number of hydrogen-bond donors (Lipinski definition) is 0. The van der Waals surface area contributed by atoms with Gasteiger partial charge in [0.15, 0.2) is 0 Å². The Hall–Kier alpha value is 0.667. The molecule has 0 aromatic heterocycles. The molecular weight excluding hydrogens is 280 g/mol. The first-order valence-electron chi connectivity index (χ1n) is 4.99. The van der Waals surface area contributed by atoms with E-state index in [-0.39, 0.29) is 26.2 Å². The van der Waals surface area contributed by atoms with E-state index < -0.39 is 16.1 Å². The summed E-state index contributed by atoms with van der Waals surface area (Å²) >= 11 is 0. The van der Waals surface area contributed by atoms with Crippen LogP contribution in [0.2, 0.25) is 39.3 Å². The summed E-state index contributed by atoms with van der Waals surface area (Å²) in [5.74, 6) is 0. The molecule has 0 saturated heterocycles. The van der Waals surface area contributed by atoms with Crippen LogP contribution in [0.1, 0.15) is 0 Å². The van der Waals surface area contributed by atoms with Gasteiger partial charge in [-0.05, 0) is 0 Å².